The second kappa shape index (κ2) is 11.6. The number of rotatable bonds is 11. The summed E-state index contributed by atoms with van der Waals surface area (Å²) in [6.45, 7) is 0.333. The number of carbonyl (C=O) groups excluding carboxylic acids is 3. The number of benzene rings is 3. The van der Waals surface area contributed by atoms with E-state index in [4.69, 9.17) is 14.2 Å². The van der Waals surface area contributed by atoms with Crippen LogP contribution >= 0.6 is 0 Å². The van der Waals surface area contributed by atoms with E-state index in [9.17, 15) is 24.5 Å². The molecule has 10 nitrogen and oxygen atoms in total. The van der Waals surface area contributed by atoms with Gasteiger partial charge in [-0.15, -0.1) is 10.1 Å². The molecule has 3 aromatic rings. The molecule has 0 bridgehead atoms. The number of hydrogen-bond donors (Lipinski definition) is 0. The zero-order chi connectivity index (χ0) is 25.4. The van der Waals surface area contributed by atoms with Crippen molar-refractivity contribution in [3.05, 3.63) is 87.5 Å². The average molecular weight is 481 g/mol. The number of carbonyl (C=O) groups is 3. The van der Waals surface area contributed by atoms with E-state index in [0.717, 1.165) is 22.1 Å². The van der Waals surface area contributed by atoms with Crippen LogP contribution in [-0.2, 0) is 30.5 Å². The Kier molecular flexibility index (Phi) is 8.33. The van der Waals surface area contributed by atoms with Gasteiger partial charge < -0.3 is 19.0 Å². The van der Waals surface area contributed by atoms with E-state index >= 15 is 0 Å². The summed E-state index contributed by atoms with van der Waals surface area (Å²) >= 11 is 0. The minimum Gasteiger partial charge on any atom is -0.497 e. The highest BCUT2D eigenvalue weighted by atomic mass is 16.9. The van der Waals surface area contributed by atoms with Gasteiger partial charge in [0, 0.05) is 0 Å². The van der Waals surface area contributed by atoms with Crippen molar-refractivity contribution >= 4 is 28.5 Å². The lowest BCUT2D eigenvalue weighted by Gasteiger charge is -2.13. The summed E-state index contributed by atoms with van der Waals surface area (Å²) in [6.07, 6.45) is 0. The van der Waals surface area contributed by atoms with Crippen molar-refractivity contribution in [1.82, 2.24) is 0 Å². The number of hydrogen-bond acceptors (Lipinski definition) is 9. The molecule has 0 unspecified atom stereocenters. The minimum absolute atomic E-state index is 0.155. The monoisotopic (exact) mass is 481 g/mol. The Bertz CT molecular complexity index is 1240. The lowest BCUT2D eigenvalue weighted by Crippen LogP contribution is -2.22. The summed E-state index contributed by atoms with van der Waals surface area (Å²) in [7, 11) is 1.59. The first-order valence-electron chi connectivity index (χ1n) is 10.6. The smallest absolute Gasteiger partial charge is 0.338 e. The van der Waals surface area contributed by atoms with Gasteiger partial charge in [-0.25, -0.2) is 4.79 Å². The molecule has 10 heteroatoms. The molecule has 0 saturated carbocycles. The maximum atomic E-state index is 12.4. The molecule has 0 aromatic heterocycles. The van der Waals surface area contributed by atoms with E-state index in [1.807, 2.05) is 36.4 Å². The molecule has 0 N–H and O–H groups in total. The van der Waals surface area contributed by atoms with Crippen LogP contribution in [0.25, 0.3) is 10.8 Å². The van der Waals surface area contributed by atoms with Crippen LogP contribution in [0, 0.1) is 10.1 Å². The van der Waals surface area contributed by atoms with Gasteiger partial charge in [0.05, 0.1) is 18.6 Å². The van der Waals surface area contributed by atoms with Crippen LogP contribution < -0.4 is 4.74 Å². The molecule has 0 fully saturated rings. The van der Waals surface area contributed by atoms with Crippen LogP contribution in [0.3, 0.4) is 0 Å². The molecule has 0 aliphatic carbocycles. The highest BCUT2D eigenvalue weighted by Gasteiger charge is 2.19. The zero-order valence-electron chi connectivity index (χ0n) is 19.1. The number of ketones is 1. The van der Waals surface area contributed by atoms with Gasteiger partial charge in [0.1, 0.15) is 12.4 Å². The first-order chi connectivity index (χ1) is 16.8. The van der Waals surface area contributed by atoms with Gasteiger partial charge in [-0.2, -0.15) is 0 Å². The molecule has 0 spiro atoms. The highest BCUT2D eigenvalue weighted by Crippen LogP contribution is 2.25. The Morgan fingerprint density at radius 1 is 0.914 bits per heavy atom. The number of fused-ring (bicyclic) bond motifs is 1. The van der Waals surface area contributed by atoms with Gasteiger partial charge in [0.2, 0.25) is 5.78 Å². The molecule has 0 heterocycles. The van der Waals surface area contributed by atoms with Gasteiger partial charge >= 0.3 is 11.9 Å². The SMILES string of the molecule is COc1ccc2cc([C@H](C)C(=O)OCC(=O)COC(=O)c3ccc(CO[N+](=O)[O-])cc3)ccc2c1. The van der Waals surface area contributed by atoms with E-state index in [-0.39, 0.29) is 12.2 Å². The Labute approximate surface area is 200 Å². The highest BCUT2D eigenvalue weighted by molar-refractivity contribution is 5.92. The van der Waals surface area contributed by atoms with Crippen LogP contribution in [0.2, 0.25) is 0 Å². The van der Waals surface area contributed by atoms with E-state index in [1.54, 1.807) is 14.0 Å². The fourth-order valence-corrected chi connectivity index (χ4v) is 3.19. The molecule has 1 atom stereocenters. The molecule has 182 valence electrons. The van der Waals surface area contributed by atoms with Crippen LogP contribution in [0.4, 0.5) is 0 Å². The largest absolute Gasteiger partial charge is 0.497 e. The van der Waals surface area contributed by atoms with E-state index in [1.165, 1.54) is 24.3 Å². The molecule has 3 rings (SSSR count). The summed E-state index contributed by atoms with van der Waals surface area (Å²) in [5, 5.41) is 11.2. The fraction of sp³-hybridized carbons (Fsp3) is 0.240. The maximum Gasteiger partial charge on any atom is 0.338 e. The van der Waals surface area contributed by atoms with Crippen LogP contribution in [0.1, 0.15) is 34.3 Å². The molecule has 0 aliphatic heterocycles. The van der Waals surface area contributed by atoms with Gasteiger partial charge in [0.15, 0.2) is 13.2 Å². The molecule has 35 heavy (non-hydrogen) atoms. The van der Waals surface area contributed by atoms with Crippen molar-refractivity contribution in [3.63, 3.8) is 0 Å². The van der Waals surface area contributed by atoms with Crippen LogP contribution in [0.15, 0.2) is 60.7 Å². The number of nitrogens with zero attached hydrogens (tertiary/aromatic N) is 1. The molecule has 3 aromatic carbocycles. The van der Waals surface area contributed by atoms with Crippen molar-refractivity contribution in [2.75, 3.05) is 20.3 Å². The number of esters is 2. The molecular weight excluding hydrogens is 458 g/mol. The van der Waals surface area contributed by atoms with E-state index < -0.39 is 41.9 Å². The van der Waals surface area contributed by atoms with Gasteiger partial charge in [-0.1, -0.05) is 36.4 Å². The van der Waals surface area contributed by atoms with Gasteiger partial charge in [-0.05, 0) is 53.1 Å². The number of methoxy groups -OCH3 is 1. The minimum atomic E-state index is -0.916. The standard InChI is InChI=1S/C25H23NO9/c1-16(19-7-8-21-12-23(32-2)10-9-20(21)11-19)24(28)33-14-22(27)15-34-25(29)18-5-3-17(4-6-18)13-35-26(30)31/h3-12,16H,13-15H2,1-2H3/t16-/m0/s1. The predicted octanol–water partition coefficient (Wildman–Crippen LogP) is 3.63. The summed E-state index contributed by atoms with van der Waals surface area (Å²) < 4.78 is 15.3. The maximum absolute atomic E-state index is 12.4. The van der Waals surface area contributed by atoms with Crippen LogP contribution in [0.5, 0.6) is 5.75 Å². The third-order valence-electron chi connectivity index (χ3n) is 5.19. The third kappa shape index (κ3) is 7.00. The Balaban J connectivity index is 1.46. The Morgan fingerprint density at radius 3 is 2.26 bits per heavy atom. The van der Waals surface area contributed by atoms with Crippen molar-refractivity contribution in [3.8, 4) is 5.75 Å². The van der Waals surface area contributed by atoms with Crippen molar-refractivity contribution in [2.24, 2.45) is 0 Å². The van der Waals surface area contributed by atoms with E-state index in [0.29, 0.717) is 5.56 Å². The molecule has 0 aliphatic rings. The molecule has 0 radical (unpaired) electrons. The van der Waals surface area contributed by atoms with Crippen molar-refractivity contribution < 1.29 is 38.5 Å². The number of Topliss-reactive ketones (excluding diaryl/α,β-unsaturated/α-hetero) is 1. The quantitative estimate of drug-likeness (QED) is 0.229. The summed E-state index contributed by atoms with van der Waals surface area (Å²) in [5.41, 5.74) is 1.38. The second-order valence-electron chi connectivity index (χ2n) is 7.61. The summed E-state index contributed by atoms with van der Waals surface area (Å²) in [6, 6.07) is 16.9. The van der Waals surface area contributed by atoms with Crippen LogP contribution in [-0.4, -0.2) is 43.1 Å². The molecular formula is C25H23NO9. The lowest BCUT2D eigenvalue weighted by molar-refractivity contribution is -0.763. The zero-order valence-corrected chi connectivity index (χ0v) is 19.1. The second-order valence-corrected chi connectivity index (χ2v) is 7.61. The third-order valence-corrected chi connectivity index (χ3v) is 5.19. The van der Waals surface area contributed by atoms with E-state index in [2.05, 4.69) is 4.84 Å². The van der Waals surface area contributed by atoms with Gasteiger partial charge in [0.25, 0.3) is 5.09 Å². The van der Waals surface area contributed by atoms with Crippen molar-refractivity contribution in [2.45, 2.75) is 19.4 Å². The van der Waals surface area contributed by atoms with Crippen molar-refractivity contribution in [1.29, 1.82) is 0 Å². The first kappa shape index (κ1) is 25.2. The fourth-order valence-electron chi connectivity index (χ4n) is 3.19. The lowest BCUT2D eigenvalue weighted by atomic mass is 9.98. The topological polar surface area (TPSA) is 131 Å². The number of ether oxygens (including phenoxy) is 3. The first-order valence-corrected chi connectivity index (χ1v) is 10.6. The summed E-state index contributed by atoms with van der Waals surface area (Å²) in [4.78, 5) is 51.0. The normalized spacial score (nSPS) is 11.4. The Hall–Kier alpha value is -4.47. The van der Waals surface area contributed by atoms with Gasteiger partial charge in [-0.3, -0.25) is 9.59 Å². The summed E-state index contributed by atoms with van der Waals surface area (Å²) in [5.74, 6) is -1.79. The molecule has 0 saturated heterocycles. The molecule has 0 amide bonds. The predicted molar refractivity (Wildman–Crippen MR) is 123 cm³/mol. The Morgan fingerprint density at radius 2 is 1.57 bits per heavy atom. The average Bonchev–Trinajstić information content (AvgIpc) is 2.88.